The molecule has 0 saturated heterocycles. The van der Waals surface area contributed by atoms with Crippen molar-refractivity contribution in [2.75, 3.05) is 0 Å². The first kappa shape index (κ1) is 24.2. The summed E-state index contributed by atoms with van der Waals surface area (Å²) in [5, 5.41) is 8.49. The molecule has 4 aromatic rings. The highest BCUT2D eigenvalue weighted by Crippen LogP contribution is 2.51. The molecule has 5 heteroatoms. The molecule has 0 spiro atoms. The Morgan fingerprint density at radius 2 is 1.15 bits per heavy atom. The number of hydrogen-bond acceptors (Lipinski definition) is 4. The van der Waals surface area contributed by atoms with Crippen LogP contribution in [-0.4, -0.2) is 8.07 Å². The van der Waals surface area contributed by atoms with Crippen LogP contribution in [0.15, 0.2) is 22.9 Å². The minimum Gasteiger partial charge on any atom is -0.143 e. The highest BCUT2D eigenvalue weighted by atomic mass is 32.1. The van der Waals surface area contributed by atoms with E-state index in [4.69, 9.17) is 0 Å². The molecule has 0 aromatic carbocycles. The highest BCUT2D eigenvalue weighted by molar-refractivity contribution is 7.41. The zero-order chi connectivity index (χ0) is 23.0. The topological polar surface area (TPSA) is 0 Å². The second-order valence-electron chi connectivity index (χ2n) is 10.2. The zero-order valence-corrected chi connectivity index (χ0v) is 24.9. The molecular weight excluding hydrogens is 493 g/mol. The van der Waals surface area contributed by atoms with Crippen LogP contribution in [-0.2, 0) is 0 Å². The molecule has 0 fully saturated rings. The van der Waals surface area contributed by atoms with Crippen molar-refractivity contribution in [1.29, 1.82) is 0 Å². The maximum absolute atomic E-state index is 2.47. The van der Waals surface area contributed by atoms with Crippen LogP contribution in [0.4, 0.5) is 0 Å². The normalized spacial score (nSPS) is 16.5. The van der Waals surface area contributed by atoms with Crippen LogP contribution in [0.25, 0.3) is 28.6 Å². The molecule has 2 unspecified atom stereocenters. The van der Waals surface area contributed by atoms with E-state index in [0.29, 0.717) is 0 Å². The van der Waals surface area contributed by atoms with Crippen molar-refractivity contribution in [3.05, 3.63) is 22.9 Å². The van der Waals surface area contributed by atoms with E-state index in [0.717, 1.165) is 11.8 Å². The van der Waals surface area contributed by atoms with Gasteiger partial charge in [0, 0.05) is 28.6 Å². The van der Waals surface area contributed by atoms with E-state index >= 15 is 0 Å². The SMILES string of the molecule is CCCCC(CC)C[Si]1(CC(CC)CCCC)c2c(sc3ccsc23)-c2sc3ccsc3c21. The maximum Gasteiger partial charge on any atom is 0.126 e. The third kappa shape index (κ3) is 4.14. The molecule has 4 aromatic heterocycles. The summed E-state index contributed by atoms with van der Waals surface area (Å²) in [6.07, 6.45) is 11.0. The highest BCUT2D eigenvalue weighted by Gasteiger charge is 2.52. The summed E-state index contributed by atoms with van der Waals surface area (Å²) in [6, 6.07) is 7.78. The Morgan fingerprint density at radius 3 is 1.55 bits per heavy atom. The lowest BCUT2D eigenvalue weighted by atomic mass is 10.0. The maximum atomic E-state index is 2.47. The van der Waals surface area contributed by atoms with Gasteiger partial charge in [-0.2, -0.15) is 0 Å². The lowest BCUT2D eigenvalue weighted by Gasteiger charge is -2.36. The van der Waals surface area contributed by atoms with Crippen molar-refractivity contribution in [3.63, 3.8) is 0 Å². The van der Waals surface area contributed by atoms with Crippen molar-refractivity contribution in [2.45, 2.75) is 91.1 Å². The summed E-state index contributed by atoms with van der Waals surface area (Å²) in [6.45, 7) is 9.67. The Balaban J connectivity index is 1.72. The van der Waals surface area contributed by atoms with Crippen LogP contribution in [0.2, 0.25) is 12.1 Å². The molecule has 5 rings (SSSR count). The van der Waals surface area contributed by atoms with Crippen LogP contribution < -0.4 is 10.4 Å². The molecular formula is C28H38S4Si. The molecule has 5 heterocycles. The van der Waals surface area contributed by atoms with E-state index in [1.165, 1.54) is 63.5 Å². The summed E-state index contributed by atoms with van der Waals surface area (Å²) in [4.78, 5) is 3.39. The van der Waals surface area contributed by atoms with Gasteiger partial charge in [0.05, 0.1) is 0 Å². The fourth-order valence-electron chi connectivity index (χ4n) is 6.33. The van der Waals surface area contributed by atoms with Gasteiger partial charge in [-0.05, 0) is 57.2 Å². The van der Waals surface area contributed by atoms with Crippen molar-refractivity contribution in [3.8, 4) is 9.75 Å². The predicted molar refractivity (Wildman–Crippen MR) is 160 cm³/mol. The molecule has 1 aliphatic rings. The molecule has 0 nitrogen and oxygen atoms in total. The van der Waals surface area contributed by atoms with Gasteiger partial charge in [0.2, 0.25) is 0 Å². The summed E-state index contributed by atoms with van der Waals surface area (Å²) >= 11 is 8.33. The van der Waals surface area contributed by atoms with E-state index in [-0.39, 0.29) is 0 Å². The molecule has 0 saturated carbocycles. The zero-order valence-electron chi connectivity index (χ0n) is 20.7. The van der Waals surface area contributed by atoms with E-state index in [9.17, 15) is 0 Å². The summed E-state index contributed by atoms with van der Waals surface area (Å²) in [7, 11) is -1.85. The summed E-state index contributed by atoms with van der Waals surface area (Å²) in [5.74, 6) is 1.76. The van der Waals surface area contributed by atoms with Crippen molar-refractivity contribution in [1.82, 2.24) is 0 Å². The van der Waals surface area contributed by atoms with Gasteiger partial charge in [0.1, 0.15) is 8.07 Å². The summed E-state index contributed by atoms with van der Waals surface area (Å²) in [5.41, 5.74) is 0. The molecule has 0 bridgehead atoms. The molecule has 1 aliphatic heterocycles. The minimum absolute atomic E-state index is 0.879. The Morgan fingerprint density at radius 1 is 0.697 bits per heavy atom. The van der Waals surface area contributed by atoms with Gasteiger partial charge < -0.3 is 0 Å². The number of rotatable bonds is 12. The molecule has 178 valence electrons. The quantitative estimate of drug-likeness (QED) is 0.160. The number of hydrogen-bond donors (Lipinski definition) is 0. The molecule has 0 aliphatic carbocycles. The van der Waals surface area contributed by atoms with Crippen LogP contribution in [0.1, 0.15) is 79.1 Å². The Labute approximate surface area is 217 Å². The fraction of sp³-hybridized carbons (Fsp3) is 0.571. The van der Waals surface area contributed by atoms with Crippen molar-refractivity contribution in [2.24, 2.45) is 11.8 Å². The van der Waals surface area contributed by atoms with Crippen molar-refractivity contribution >= 4 is 82.6 Å². The molecule has 0 radical (unpaired) electrons. The lowest BCUT2D eigenvalue weighted by molar-refractivity contribution is 0.469. The molecule has 33 heavy (non-hydrogen) atoms. The van der Waals surface area contributed by atoms with Gasteiger partial charge in [-0.15, -0.1) is 45.3 Å². The average molecular weight is 531 g/mol. The second-order valence-corrected chi connectivity index (χ2v) is 18.1. The van der Waals surface area contributed by atoms with Crippen LogP contribution >= 0.6 is 45.3 Å². The molecule has 0 N–H and O–H groups in total. The van der Waals surface area contributed by atoms with Gasteiger partial charge in [-0.3, -0.25) is 0 Å². The van der Waals surface area contributed by atoms with Crippen LogP contribution in [0.3, 0.4) is 0 Å². The Bertz CT molecular complexity index is 1110. The standard InChI is InChI=1S/C28H38S4Si/c1-5-9-11-19(7-3)17-33(18-20(8-4)12-10-6-2)27-23-21(13-15-29-23)31-25(27)26-28(33)24-22(32-26)14-16-30-24/h13-16,19-20H,5-12,17-18H2,1-4H3. The first-order valence-corrected chi connectivity index (χ1v) is 19.0. The minimum atomic E-state index is -1.85. The third-order valence-corrected chi connectivity index (χ3v) is 18.9. The van der Waals surface area contributed by atoms with Gasteiger partial charge in [0.25, 0.3) is 0 Å². The second kappa shape index (κ2) is 10.3. The largest absolute Gasteiger partial charge is 0.143 e. The van der Waals surface area contributed by atoms with Gasteiger partial charge in [0.15, 0.2) is 0 Å². The molecule has 2 atom stereocenters. The van der Waals surface area contributed by atoms with E-state index in [1.807, 2.05) is 33.0 Å². The fourth-order valence-corrected chi connectivity index (χ4v) is 20.6. The third-order valence-electron chi connectivity index (χ3n) is 8.11. The number of unbranched alkanes of at least 4 members (excludes halogenated alkanes) is 2. The monoisotopic (exact) mass is 530 g/mol. The average Bonchev–Trinajstić information content (AvgIpc) is 3.59. The van der Waals surface area contributed by atoms with Crippen LogP contribution in [0, 0.1) is 11.8 Å². The summed E-state index contributed by atoms with van der Waals surface area (Å²) < 4.78 is 6.47. The smallest absolute Gasteiger partial charge is 0.126 e. The van der Waals surface area contributed by atoms with E-state index < -0.39 is 8.07 Å². The van der Waals surface area contributed by atoms with Gasteiger partial charge in [-0.25, -0.2) is 0 Å². The van der Waals surface area contributed by atoms with E-state index in [2.05, 4.69) is 73.3 Å². The van der Waals surface area contributed by atoms with Gasteiger partial charge >= 0.3 is 0 Å². The van der Waals surface area contributed by atoms with E-state index in [1.54, 1.807) is 28.6 Å². The van der Waals surface area contributed by atoms with Crippen molar-refractivity contribution < 1.29 is 0 Å². The number of fused-ring (bicyclic) bond motifs is 7. The molecule has 0 amide bonds. The predicted octanol–water partition coefficient (Wildman–Crippen LogP) is 10.2. The Kier molecular flexibility index (Phi) is 7.54. The number of thiophene rings is 4. The first-order valence-electron chi connectivity index (χ1n) is 13.2. The van der Waals surface area contributed by atoms with Crippen LogP contribution in [0.5, 0.6) is 0 Å². The van der Waals surface area contributed by atoms with Gasteiger partial charge in [-0.1, -0.05) is 79.1 Å². The Hall–Kier alpha value is -0.463. The first-order chi connectivity index (χ1) is 16.2. The lowest BCUT2D eigenvalue weighted by Crippen LogP contribution is -2.57.